The number of hydrogen-bond donors (Lipinski definition) is 0. The number of hydrogen-bond acceptors (Lipinski definition) is 3. The molecule has 2 aliphatic rings. The highest BCUT2D eigenvalue weighted by Gasteiger charge is 2.40. The first-order chi connectivity index (χ1) is 13.2. The maximum atomic E-state index is 13.4. The second-order valence-corrected chi connectivity index (χ2v) is 7.07. The van der Waals surface area contributed by atoms with Crippen LogP contribution < -0.4 is 4.74 Å². The first-order valence-electron chi connectivity index (χ1n) is 9.13. The maximum Gasteiger partial charge on any atom is 0.213 e. The van der Waals surface area contributed by atoms with E-state index in [1.54, 1.807) is 12.1 Å². The fraction of sp³-hybridized carbons (Fsp3) is 0.174. The monoisotopic (exact) mass is 358 g/mol. The Morgan fingerprint density at radius 1 is 0.963 bits per heavy atom. The van der Waals surface area contributed by atoms with Crippen LogP contribution in [0.3, 0.4) is 0 Å². The van der Waals surface area contributed by atoms with Crippen LogP contribution in [0.4, 0.5) is 4.39 Å². The average molecular weight is 358 g/mol. The second kappa shape index (κ2) is 6.23. The zero-order valence-electron chi connectivity index (χ0n) is 15.0. The lowest BCUT2D eigenvalue weighted by molar-refractivity contribution is -0.0190. The highest BCUT2D eigenvalue weighted by Crippen LogP contribution is 2.47. The normalized spacial score (nSPS) is 20.5. The van der Waals surface area contributed by atoms with Crippen LogP contribution in [-0.4, -0.2) is 10.7 Å². The molecule has 0 fully saturated rings. The van der Waals surface area contributed by atoms with Crippen molar-refractivity contribution in [3.63, 3.8) is 0 Å². The lowest BCUT2D eigenvalue weighted by Crippen LogP contribution is -2.33. The Balaban J connectivity index is 1.58. The molecule has 134 valence electrons. The minimum atomic E-state index is -0.367. The van der Waals surface area contributed by atoms with Crippen molar-refractivity contribution in [3.05, 3.63) is 101 Å². The van der Waals surface area contributed by atoms with Crippen molar-refractivity contribution >= 4 is 5.71 Å². The summed E-state index contributed by atoms with van der Waals surface area (Å²) < 4.78 is 19.7. The Kier molecular flexibility index (Phi) is 3.71. The van der Waals surface area contributed by atoms with Crippen molar-refractivity contribution < 1.29 is 9.13 Å². The third kappa shape index (κ3) is 2.78. The molecule has 3 aromatic carbocycles. The number of para-hydroxylation sites is 1. The number of fused-ring (bicyclic) bond motifs is 3. The Morgan fingerprint density at radius 2 is 1.70 bits per heavy atom. The molecule has 3 nitrogen and oxygen atoms in total. The maximum absolute atomic E-state index is 13.4. The molecule has 2 aliphatic heterocycles. The molecule has 2 heterocycles. The topological polar surface area (TPSA) is 24.8 Å². The summed E-state index contributed by atoms with van der Waals surface area (Å²) in [6.45, 7) is 2.08. The summed E-state index contributed by atoms with van der Waals surface area (Å²) in [6, 6.07) is 23.1. The van der Waals surface area contributed by atoms with Gasteiger partial charge in [0.1, 0.15) is 11.6 Å². The molecule has 0 spiro atoms. The largest absolute Gasteiger partial charge is 0.464 e. The zero-order valence-corrected chi connectivity index (χ0v) is 15.0. The Morgan fingerprint density at radius 3 is 2.48 bits per heavy atom. The number of benzene rings is 3. The van der Waals surface area contributed by atoms with Gasteiger partial charge in [-0.3, -0.25) is 0 Å². The van der Waals surface area contributed by atoms with Crippen molar-refractivity contribution in [2.75, 3.05) is 0 Å². The standard InChI is InChI=1S/C23H19FN2O/c1-15-6-8-16(9-7-15)20-14-21-19-4-2-3-5-22(19)27-23(26(21)25-20)17-10-12-18(24)13-11-17/h2-13,21,23H,14H2,1H3. The molecule has 0 N–H and O–H groups in total. The first-order valence-corrected chi connectivity index (χ1v) is 9.13. The van der Waals surface area contributed by atoms with E-state index in [9.17, 15) is 4.39 Å². The number of nitrogens with zero attached hydrogens (tertiary/aromatic N) is 2. The number of hydrazone groups is 1. The molecule has 0 aromatic heterocycles. The summed E-state index contributed by atoms with van der Waals surface area (Å²) in [6.07, 6.45) is 0.453. The van der Waals surface area contributed by atoms with Crippen molar-refractivity contribution in [3.8, 4) is 5.75 Å². The van der Waals surface area contributed by atoms with Gasteiger partial charge in [0.25, 0.3) is 0 Å². The van der Waals surface area contributed by atoms with Crippen molar-refractivity contribution in [2.24, 2.45) is 5.10 Å². The number of halogens is 1. The fourth-order valence-corrected chi connectivity index (χ4v) is 3.80. The van der Waals surface area contributed by atoms with E-state index in [1.807, 2.05) is 23.2 Å². The van der Waals surface area contributed by atoms with E-state index in [2.05, 4.69) is 37.3 Å². The van der Waals surface area contributed by atoms with Gasteiger partial charge in [-0.05, 0) is 30.7 Å². The third-order valence-corrected chi connectivity index (χ3v) is 5.24. The Hall–Kier alpha value is -3.14. The van der Waals surface area contributed by atoms with E-state index in [0.717, 1.165) is 34.6 Å². The minimum absolute atomic E-state index is 0.112. The molecule has 0 amide bonds. The molecule has 0 bridgehead atoms. The molecule has 0 saturated heterocycles. The molecule has 2 unspecified atom stereocenters. The van der Waals surface area contributed by atoms with Gasteiger partial charge < -0.3 is 4.74 Å². The van der Waals surface area contributed by atoms with Crippen LogP contribution in [0.2, 0.25) is 0 Å². The lowest BCUT2D eigenvalue weighted by atomic mass is 9.95. The smallest absolute Gasteiger partial charge is 0.213 e. The molecule has 0 saturated carbocycles. The number of ether oxygens (including phenoxy) is 1. The van der Waals surface area contributed by atoms with Gasteiger partial charge in [0.2, 0.25) is 6.23 Å². The van der Waals surface area contributed by atoms with Gasteiger partial charge in [0, 0.05) is 17.5 Å². The van der Waals surface area contributed by atoms with Crippen LogP contribution in [0, 0.1) is 12.7 Å². The van der Waals surface area contributed by atoms with Crippen molar-refractivity contribution in [1.82, 2.24) is 5.01 Å². The summed E-state index contributed by atoms with van der Waals surface area (Å²) in [4.78, 5) is 0. The Bertz CT molecular complexity index is 1010. The van der Waals surface area contributed by atoms with Crippen LogP contribution in [0.25, 0.3) is 0 Å². The first kappa shape index (κ1) is 16.1. The summed E-state index contributed by atoms with van der Waals surface area (Å²) in [5, 5.41) is 6.94. The predicted octanol–water partition coefficient (Wildman–Crippen LogP) is 5.38. The number of rotatable bonds is 2. The van der Waals surface area contributed by atoms with Gasteiger partial charge in [-0.15, -0.1) is 0 Å². The zero-order chi connectivity index (χ0) is 18.4. The van der Waals surface area contributed by atoms with E-state index in [-0.39, 0.29) is 18.1 Å². The fourth-order valence-electron chi connectivity index (χ4n) is 3.80. The molecule has 4 heteroatoms. The SMILES string of the molecule is Cc1ccc(C2=NN3C(C2)c2ccccc2OC3c2ccc(F)cc2)cc1. The molecule has 3 aromatic rings. The molecule has 27 heavy (non-hydrogen) atoms. The molecule has 5 rings (SSSR count). The van der Waals surface area contributed by atoms with Crippen LogP contribution >= 0.6 is 0 Å². The van der Waals surface area contributed by atoms with E-state index in [1.165, 1.54) is 17.7 Å². The molecule has 0 radical (unpaired) electrons. The minimum Gasteiger partial charge on any atom is -0.464 e. The van der Waals surface area contributed by atoms with Gasteiger partial charge in [-0.1, -0.05) is 60.2 Å². The summed E-state index contributed by atoms with van der Waals surface area (Å²) in [5.74, 6) is 0.616. The van der Waals surface area contributed by atoms with Gasteiger partial charge >= 0.3 is 0 Å². The molecule has 2 atom stereocenters. The summed E-state index contributed by atoms with van der Waals surface area (Å²) in [7, 11) is 0. The average Bonchev–Trinajstić information content (AvgIpc) is 3.14. The van der Waals surface area contributed by atoms with E-state index in [4.69, 9.17) is 9.84 Å². The van der Waals surface area contributed by atoms with Crippen LogP contribution in [0.5, 0.6) is 5.75 Å². The van der Waals surface area contributed by atoms with Crippen LogP contribution in [-0.2, 0) is 0 Å². The van der Waals surface area contributed by atoms with Gasteiger partial charge in [0.15, 0.2) is 0 Å². The molecular formula is C23H19FN2O. The van der Waals surface area contributed by atoms with Crippen LogP contribution in [0.15, 0.2) is 77.9 Å². The second-order valence-electron chi connectivity index (χ2n) is 7.07. The summed E-state index contributed by atoms with van der Waals surface area (Å²) in [5.41, 5.74) is 5.44. The van der Waals surface area contributed by atoms with Crippen molar-refractivity contribution in [2.45, 2.75) is 25.6 Å². The quantitative estimate of drug-likeness (QED) is 0.615. The van der Waals surface area contributed by atoms with Gasteiger partial charge in [-0.25, -0.2) is 9.40 Å². The van der Waals surface area contributed by atoms with Gasteiger partial charge in [0.05, 0.1) is 11.8 Å². The highest BCUT2D eigenvalue weighted by atomic mass is 19.1. The van der Waals surface area contributed by atoms with Gasteiger partial charge in [-0.2, -0.15) is 5.10 Å². The molecule has 0 aliphatic carbocycles. The van der Waals surface area contributed by atoms with Crippen molar-refractivity contribution in [1.29, 1.82) is 0 Å². The van der Waals surface area contributed by atoms with Crippen LogP contribution in [0.1, 0.15) is 40.9 Å². The number of aryl methyl sites for hydroxylation is 1. The summed E-state index contributed by atoms with van der Waals surface area (Å²) >= 11 is 0. The van der Waals surface area contributed by atoms with E-state index < -0.39 is 0 Å². The Labute approximate surface area is 157 Å². The molecular weight excluding hydrogens is 339 g/mol. The third-order valence-electron chi connectivity index (χ3n) is 5.24. The lowest BCUT2D eigenvalue weighted by Gasteiger charge is -2.38. The highest BCUT2D eigenvalue weighted by molar-refractivity contribution is 6.02. The van der Waals surface area contributed by atoms with E-state index in [0.29, 0.717) is 0 Å². The van der Waals surface area contributed by atoms with E-state index >= 15 is 0 Å². The predicted molar refractivity (Wildman–Crippen MR) is 103 cm³/mol.